The molecule has 1 unspecified atom stereocenters. The number of nitrogens with zero attached hydrogens (tertiary/aromatic N) is 1. The monoisotopic (exact) mass is 254 g/mol. The number of aliphatic hydroxyl groups excluding tert-OH is 1. The van der Waals surface area contributed by atoms with Crippen molar-refractivity contribution in [3.05, 3.63) is 47.7 Å². The lowest BCUT2D eigenvalue weighted by Crippen LogP contribution is -2.28. The van der Waals surface area contributed by atoms with E-state index in [0.29, 0.717) is 0 Å². The highest BCUT2D eigenvalue weighted by molar-refractivity contribution is 5.68. The Morgan fingerprint density at radius 1 is 1.37 bits per heavy atom. The van der Waals surface area contributed by atoms with Crippen LogP contribution in [0.4, 0.5) is 5.69 Å². The Morgan fingerprint density at radius 2 is 2.26 bits per heavy atom. The molecule has 19 heavy (non-hydrogen) atoms. The Labute approximate surface area is 113 Å². The van der Waals surface area contributed by atoms with Gasteiger partial charge in [0.2, 0.25) is 0 Å². The minimum atomic E-state index is 0.190. The van der Waals surface area contributed by atoms with Crippen LogP contribution >= 0.6 is 0 Å². The summed E-state index contributed by atoms with van der Waals surface area (Å²) in [7, 11) is 0. The van der Waals surface area contributed by atoms with Crippen LogP contribution in [0.2, 0.25) is 0 Å². The highest BCUT2D eigenvalue weighted by Gasteiger charge is 2.17. The summed E-state index contributed by atoms with van der Waals surface area (Å²) < 4.78 is 0. The fraction of sp³-hybridized carbons (Fsp3) is 0.312. The topological polar surface area (TPSA) is 45.2 Å². The molecule has 0 radical (unpaired) electrons. The zero-order valence-corrected chi connectivity index (χ0v) is 11.1. The smallest absolute Gasteiger partial charge is 0.0731 e. The molecule has 3 nitrogen and oxygen atoms in total. The second kappa shape index (κ2) is 5.02. The lowest BCUT2D eigenvalue weighted by atomic mass is 9.95. The van der Waals surface area contributed by atoms with Gasteiger partial charge in [0, 0.05) is 23.5 Å². The molecule has 1 atom stereocenters. The standard InChI is InChI=1S/C16H18N2O/c1-11-3-2-8-17-16(11)13-5-7-15-12(9-13)4-6-14(10-19)18-15/h2-3,5,7-9,14,18-19H,4,6,10H2,1H3. The molecule has 1 aliphatic rings. The lowest BCUT2D eigenvalue weighted by Gasteiger charge is -2.26. The summed E-state index contributed by atoms with van der Waals surface area (Å²) >= 11 is 0. The van der Waals surface area contributed by atoms with E-state index >= 15 is 0 Å². The van der Waals surface area contributed by atoms with Crippen molar-refractivity contribution in [2.75, 3.05) is 11.9 Å². The number of anilines is 1. The zero-order chi connectivity index (χ0) is 13.2. The van der Waals surface area contributed by atoms with Gasteiger partial charge >= 0.3 is 0 Å². The summed E-state index contributed by atoms with van der Waals surface area (Å²) in [6.45, 7) is 2.28. The van der Waals surface area contributed by atoms with Crippen molar-refractivity contribution in [1.29, 1.82) is 0 Å². The Bertz CT molecular complexity index is 595. The van der Waals surface area contributed by atoms with E-state index in [-0.39, 0.29) is 12.6 Å². The third kappa shape index (κ3) is 2.34. The van der Waals surface area contributed by atoms with E-state index in [0.717, 1.165) is 24.2 Å². The number of aryl methyl sites for hydroxylation is 2. The Balaban J connectivity index is 1.97. The first-order valence-corrected chi connectivity index (χ1v) is 6.70. The largest absolute Gasteiger partial charge is 0.394 e. The highest BCUT2D eigenvalue weighted by Crippen LogP contribution is 2.30. The van der Waals surface area contributed by atoms with Gasteiger partial charge in [0.05, 0.1) is 12.3 Å². The second-order valence-electron chi connectivity index (χ2n) is 5.10. The van der Waals surface area contributed by atoms with Crippen molar-refractivity contribution in [3.8, 4) is 11.3 Å². The average molecular weight is 254 g/mol. The van der Waals surface area contributed by atoms with Gasteiger partial charge in [-0.05, 0) is 49.1 Å². The molecule has 0 bridgehead atoms. The van der Waals surface area contributed by atoms with E-state index in [2.05, 4.69) is 41.5 Å². The molecule has 98 valence electrons. The molecule has 2 aromatic rings. The predicted molar refractivity (Wildman–Crippen MR) is 77.2 cm³/mol. The molecule has 0 amide bonds. The fourth-order valence-corrected chi connectivity index (χ4v) is 2.64. The molecule has 3 rings (SSSR count). The third-order valence-electron chi connectivity index (χ3n) is 3.73. The quantitative estimate of drug-likeness (QED) is 0.866. The minimum Gasteiger partial charge on any atom is -0.394 e. The number of pyridine rings is 1. The maximum atomic E-state index is 9.21. The SMILES string of the molecule is Cc1cccnc1-c1ccc2c(c1)CCC(CO)N2. The van der Waals surface area contributed by atoms with Crippen molar-refractivity contribution < 1.29 is 5.11 Å². The van der Waals surface area contributed by atoms with Crippen LogP contribution in [-0.2, 0) is 6.42 Å². The van der Waals surface area contributed by atoms with E-state index in [9.17, 15) is 5.11 Å². The van der Waals surface area contributed by atoms with Gasteiger partial charge in [0.1, 0.15) is 0 Å². The number of benzene rings is 1. The summed E-state index contributed by atoms with van der Waals surface area (Å²) in [5.41, 5.74) is 5.87. The van der Waals surface area contributed by atoms with Gasteiger partial charge in [-0.2, -0.15) is 0 Å². The van der Waals surface area contributed by atoms with Crippen molar-refractivity contribution in [3.63, 3.8) is 0 Å². The van der Waals surface area contributed by atoms with Crippen LogP contribution < -0.4 is 5.32 Å². The summed E-state index contributed by atoms with van der Waals surface area (Å²) in [6.07, 6.45) is 3.82. The van der Waals surface area contributed by atoms with E-state index in [4.69, 9.17) is 0 Å². The maximum Gasteiger partial charge on any atom is 0.0731 e. The van der Waals surface area contributed by atoms with Crippen molar-refractivity contribution in [2.45, 2.75) is 25.8 Å². The van der Waals surface area contributed by atoms with Crippen molar-refractivity contribution >= 4 is 5.69 Å². The van der Waals surface area contributed by atoms with Crippen molar-refractivity contribution in [2.24, 2.45) is 0 Å². The lowest BCUT2D eigenvalue weighted by molar-refractivity contribution is 0.267. The van der Waals surface area contributed by atoms with Crippen LogP contribution in [0.15, 0.2) is 36.5 Å². The predicted octanol–water partition coefficient (Wildman–Crippen LogP) is 2.78. The van der Waals surface area contributed by atoms with Gasteiger partial charge in [-0.3, -0.25) is 4.98 Å². The second-order valence-corrected chi connectivity index (χ2v) is 5.10. The van der Waals surface area contributed by atoms with Gasteiger partial charge < -0.3 is 10.4 Å². The average Bonchev–Trinajstić information content (AvgIpc) is 2.46. The molecular formula is C16H18N2O. The fourth-order valence-electron chi connectivity index (χ4n) is 2.64. The van der Waals surface area contributed by atoms with Gasteiger partial charge in [-0.15, -0.1) is 0 Å². The summed E-state index contributed by atoms with van der Waals surface area (Å²) in [4.78, 5) is 4.47. The number of nitrogens with one attached hydrogen (secondary N) is 1. The molecule has 0 saturated heterocycles. The molecule has 0 fully saturated rings. The van der Waals surface area contributed by atoms with Crippen LogP contribution in [-0.4, -0.2) is 22.7 Å². The summed E-state index contributed by atoms with van der Waals surface area (Å²) in [5, 5.41) is 12.6. The van der Waals surface area contributed by atoms with E-state index in [1.807, 2.05) is 12.3 Å². The number of aromatic nitrogens is 1. The van der Waals surface area contributed by atoms with Gasteiger partial charge in [-0.1, -0.05) is 12.1 Å². The number of hydrogen-bond acceptors (Lipinski definition) is 3. The molecule has 2 N–H and O–H groups in total. The minimum absolute atomic E-state index is 0.190. The van der Waals surface area contributed by atoms with E-state index in [1.54, 1.807) is 0 Å². The van der Waals surface area contributed by atoms with Crippen LogP contribution in [0.3, 0.4) is 0 Å². The zero-order valence-electron chi connectivity index (χ0n) is 11.1. The number of aliphatic hydroxyl groups is 1. The van der Waals surface area contributed by atoms with E-state index < -0.39 is 0 Å². The molecule has 0 spiro atoms. The maximum absolute atomic E-state index is 9.21. The molecule has 1 aliphatic heterocycles. The molecule has 0 aliphatic carbocycles. The third-order valence-corrected chi connectivity index (χ3v) is 3.73. The molecular weight excluding hydrogens is 236 g/mol. The molecule has 2 heterocycles. The molecule has 1 aromatic heterocycles. The van der Waals surface area contributed by atoms with Gasteiger partial charge in [-0.25, -0.2) is 0 Å². The Kier molecular flexibility index (Phi) is 3.22. The van der Waals surface area contributed by atoms with E-state index in [1.165, 1.54) is 16.7 Å². The van der Waals surface area contributed by atoms with Crippen molar-refractivity contribution in [1.82, 2.24) is 4.98 Å². The molecule has 1 aromatic carbocycles. The Morgan fingerprint density at radius 3 is 3.05 bits per heavy atom. The normalized spacial score (nSPS) is 17.7. The number of fused-ring (bicyclic) bond motifs is 1. The van der Waals surface area contributed by atoms with Crippen LogP contribution in [0, 0.1) is 6.92 Å². The first-order chi connectivity index (χ1) is 9.28. The summed E-state index contributed by atoms with van der Waals surface area (Å²) in [5.74, 6) is 0. The first-order valence-electron chi connectivity index (χ1n) is 6.70. The van der Waals surface area contributed by atoms with Gasteiger partial charge in [0.25, 0.3) is 0 Å². The number of hydrogen-bond donors (Lipinski definition) is 2. The van der Waals surface area contributed by atoms with Crippen LogP contribution in [0.5, 0.6) is 0 Å². The Hall–Kier alpha value is -1.87. The first kappa shape index (κ1) is 12.2. The molecule has 0 saturated carbocycles. The van der Waals surface area contributed by atoms with Crippen LogP contribution in [0.1, 0.15) is 17.5 Å². The van der Waals surface area contributed by atoms with Crippen LogP contribution in [0.25, 0.3) is 11.3 Å². The number of rotatable bonds is 2. The molecule has 3 heteroatoms. The summed E-state index contributed by atoms with van der Waals surface area (Å²) in [6, 6.07) is 10.6. The highest BCUT2D eigenvalue weighted by atomic mass is 16.3. The van der Waals surface area contributed by atoms with Gasteiger partial charge in [0.15, 0.2) is 0 Å².